The lowest BCUT2D eigenvalue weighted by atomic mass is 10.1. The smallest absolute Gasteiger partial charge is 0.264 e. The van der Waals surface area contributed by atoms with Crippen LogP contribution in [0.5, 0.6) is 0 Å². The van der Waals surface area contributed by atoms with Gasteiger partial charge < -0.3 is 5.73 Å². The zero-order valence-electron chi connectivity index (χ0n) is 12.2. The van der Waals surface area contributed by atoms with Crippen molar-refractivity contribution in [1.29, 1.82) is 0 Å². The molecule has 112 valence electrons. The van der Waals surface area contributed by atoms with Gasteiger partial charge in [0.2, 0.25) is 0 Å². The Morgan fingerprint density at radius 1 is 1.19 bits per heavy atom. The van der Waals surface area contributed by atoms with Gasteiger partial charge in [0.25, 0.3) is 10.0 Å². The first-order valence-corrected chi connectivity index (χ1v) is 8.17. The highest BCUT2D eigenvalue weighted by molar-refractivity contribution is 7.92. The van der Waals surface area contributed by atoms with Gasteiger partial charge in [0.15, 0.2) is 0 Å². The van der Waals surface area contributed by atoms with Gasteiger partial charge in [-0.05, 0) is 49.2 Å². The van der Waals surface area contributed by atoms with Gasteiger partial charge in [0.1, 0.15) is 0 Å². The number of aryl methyl sites for hydroxylation is 1. The Balaban J connectivity index is 2.47. The molecule has 0 radical (unpaired) electrons. The molecule has 0 amide bonds. The van der Waals surface area contributed by atoms with E-state index in [2.05, 4.69) is 4.98 Å². The molecule has 0 fully saturated rings. The van der Waals surface area contributed by atoms with E-state index in [0.717, 1.165) is 11.1 Å². The van der Waals surface area contributed by atoms with Crippen molar-refractivity contribution in [2.75, 3.05) is 10.8 Å². The summed E-state index contributed by atoms with van der Waals surface area (Å²) in [6.07, 6.45) is 3.16. The van der Waals surface area contributed by atoms with Crippen LogP contribution in [0.15, 0.2) is 47.6 Å². The summed E-state index contributed by atoms with van der Waals surface area (Å²) in [5.41, 5.74) is 8.05. The predicted molar refractivity (Wildman–Crippen MR) is 83.5 cm³/mol. The van der Waals surface area contributed by atoms with Gasteiger partial charge in [-0.25, -0.2) is 8.42 Å². The number of hydrogen-bond donors (Lipinski definition) is 1. The van der Waals surface area contributed by atoms with Crippen LogP contribution in [0.2, 0.25) is 0 Å². The van der Waals surface area contributed by atoms with Crippen molar-refractivity contribution in [3.63, 3.8) is 0 Å². The van der Waals surface area contributed by atoms with Crippen molar-refractivity contribution in [3.8, 4) is 0 Å². The highest BCUT2D eigenvalue weighted by Crippen LogP contribution is 2.24. The molecule has 0 unspecified atom stereocenters. The lowest BCUT2D eigenvalue weighted by Crippen LogP contribution is -2.30. The molecule has 0 atom stereocenters. The first-order valence-electron chi connectivity index (χ1n) is 6.73. The summed E-state index contributed by atoms with van der Waals surface area (Å²) >= 11 is 0. The molecule has 0 aliphatic carbocycles. The van der Waals surface area contributed by atoms with Crippen molar-refractivity contribution in [1.82, 2.24) is 4.98 Å². The third-order valence-electron chi connectivity index (χ3n) is 3.36. The van der Waals surface area contributed by atoms with Gasteiger partial charge >= 0.3 is 0 Å². The van der Waals surface area contributed by atoms with Gasteiger partial charge in [0.05, 0.1) is 10.6 Å². The molecule has 2 N–H and O–H groups in total. The molecule has 6 heteroatoms. The second-order valence-electron chi connectivity index (χ2n) is 4.67. The fraction of sp³-hybridized carbons (Fsp3) is 0.267. The van der Waals surface area contributed by atoms with E-state index >= 15 is 0 Å². The van der Waals surface area contributed by atoms with Crippen LogP contribution in [0.4, 0.5) is 5.69 Å². The number of sulfonamides is 1. The number of rotatable bonds is 5. The molecule has 0 aliphatic rings. The molecule has 1 aromatic carbocycles. The summed E-state index contributed by atoms with van der Waals surface area (Å²) in [6, 6.07) is 8.41. The Morgan fingerprint density at radius 3 is 2.38 bits per heavy atom. The number of nitrogens with two attached hydrogens (primary N) is 1. The summed E-state index contributed by atoms with van der Waals surface area (Å²) in [7, 11) is -3.59. The van der Waals surface area contributed by atoms with Crippen LogP contribution in [0.1, 0.15) is 18.1 Å². The normalized spacial score (nSPS) is 11.4. The molecule has 0 bridgehead atoms. The fourth-order valence-corrected chi connectivity index (χ4v) is 3.75. The van der Waals surface area contributed by atoms with Crippen LogP contribution in [-0.2, 0) is 16.6 Å². The van der Waals surface area contributed by atoms with Crippen LogP contribution in [0, 0.1) is 6.92 Å². The van der Waals surface area contributed by atoms with E-state index in [0.29, 0.717) is 18.8 Å². The van der Waals surface area contributed by atoms with Crippen LogP contribution < -0.4 is 10.0 Å². The van der Waals surface area contributed by atoms with E-state index in [1.165, 1.54) is 4.31 Å². The van der Waals surface area contributed by atoms with E-state index in [1.54, 1.807) is 49.6 Å². The average Bonchev–Trinajstić information content (AvgIpc) is 2.48. The summed E-state index contributed by atoms with van der Waals surface area (Å²) < 4.78 is 26.9. The fourth-order valence-electron chi connectivity index (χ4n) is 2.19. The standard InChI is InChI=1S/C15H19N3O2S/c1-3-18(14-6-8-17-9-7-14)21(19,20)15-5-4-13(11-16)12(2)10-15/h4-10H,3,11,16H2,1-2H3. The van der Waals surface area contributed by atoms with Crippen LogP contribution in [0.25, 0.3) is 0 Å². The molecule has 1 aromatic heterocycles. The molecule has 1 heterocycles. The van der Waals surface area contributed by atoms with E-state index in [1.807, 2.05) is 6.92 Å². The van der Waals surface area contributed by atoms with E-state index in [-0.39, 0.29) is 4.90 Å². The number of nitrogens with zero attached hydrogens (tertiary/aromatic N) is 2. The molecule has 2 aromatic rings. The van der Waals surface area contributed by atoms with Crippen molar-refractivity contribution in [3.05, 3.63) is 53.9 Å². The zero-order chi connectivity index (χ0) is 15.5. The third kappa shape index (κ3) is 3.06. The molecular weight excluding hydrogens is 286 g/mol. The third-order valence-corrected chi connectivity index (χ3v) is 5.26. The van der Waals surface area contributed by atoms with Gasteiger partial charge in [-0.15, -0.1) is 0 Å². The monoisotopic (exact) mass is 305 g/mol. The number of anilines is 1. The van der Waals surface area contributed by atoms with Gasteiger partial charge in [-0.1, -0.05) is 6.07 Å². The topological polar surface area (TPSA) is 76.3 Å². The second kappa shape index (κ2) is 6.24. The average molecular weight is 305 g/mol. The molecule has 5 nitrogen and oxygen atoms in total. The summed E-state index contributed by atoms with van der Waals surface area (Å²) in [5.74, 6) is 0. The Kier molecular flexibility index (Phi) is 4.59. The lowest BCUT2D eigenvalue weighted by Gasteiger charge is -2.23. The molecule has 2 rings (SSSR count). The highest BCUT2D eigenvalue weighted by Gasteiger charge is 2.23. The Labute approximate surface area is 125 Å². The van der Waals surface area contributed by atoms with Crippen molar-refractivity contribution in [2.45, 2.75) is 25.3 Å². The molecular formula is C15H19N3O2S. The minimum Gasteiger partial charge on any atom is -0.326 e. The number of benzene rings is 1. The van der Waals surface area contributed by atoms with Crippen molar-refractivity contribution >= 4 is 15.7 Å². The molecule has 0 saturated heterocycles. The minimum atomic E-state index is -3.59. The predicted octanol–water partition coefficient (Wildman–Crippen LogP) is 2.06. The molecule has 0 saturated carbocycles. The summed E-state index contributed by atoms with van der Waals surface area (Å²) in [5, 5.41) is 0. The maximum absolute atomic E-state index is 12.8. The number of aromatic nitrogens is 1. The van der Waals surface area contributed by atoms with Gasteiger partial charge in [-0.2, -0.15) is 0 Å². The zero-order valence-corrected chi connectivity index (χ0v) is 13.0. The Hall–Kier alpha value is -1.92. The maximum Gasteiger partial charge on any atom is 0.264 e. The second-order valence-corrected chi connectivity index (χ2v) is 6.53. The maximum atomic E-state index is 12.8. The van der Waals surface area contributed by atoms with E-state index < -0.39 is 10.0 Å². The summed E-state index contributed by atoms with van der Waals surface area (Å²) in [6.45, 7) is 4.42. The quantitative estimate of drug-likeness (QED) is 0.917. The first-order chi connectivity index (χ1) is 10.0. The Bertz CT molecular complexity index is 715. The van der Waals surface area contributed by atoms with Crippen molar-refractivity contribution < 1.29 is 8.42 Å². The SMILES string of the molecule is CCN(c1ccncc1)S(=O)(=O)c1ccc(CN)c(C)c1. The Morgan fingerprint density at radius 2 is 1.86 bits per heavy atom. The van der Waals surface area contributed by atoms with Crippen molar-refractivity contribution in [2.24, 2.45) is 5.73 Å². The molecule has 0 aliphatic heterocycles. The van der Waals surface area contributed by atoms with Crippen LogP contribution >= 0.6 is 0 Å². The van der Waals surface area contributed by atoms with Gasteiger partial charge in [0, 0.05) is 25.5 Å². The minimum absolute atomic E-state index is 0.274. The lowest BCUT2D eigenvalue weighted by molar-refractivity contribution is 0.591. The van der Waals surface area contributed by atoms with Crippen LogP contribution in [0.3, 0.4) is 0 Å². The largest absolute Gasteiger partial charge is 0.326 e. The summed E-state index contributed by atoms with van der Waals surface area (Å²) in [4.78, 5) is 4.19. The van der Waals surface area contributed by atoms with Crippen LogP contribution in [-0.4, -0.2) is 19.9 Å². The number of hydrogen-bond acceptors (Lipinski definition) is 4. The van der Waals surface area contributed by atoms with E-state index in [4.69, 9.17) is 5.73 Å². The molecule has 0 spiro atoms. The van der Waals surface area contributed by atoms with E-state index in [9.17, 15) is 8.42 Å². The molecule has 21 heavy (non-hydrogen) atoms. The van der Waals surface area contributed by atoms with Gasteiger partial charge in [-0.3, -0.25) is 9.29 Å². The highest BCUT2D eigenvalue weighted by atomic mass is 32.2. The number of pyridine rings is 1. The first kappa shape index (κ1) is 15.5.